The number of fused-ring (bicyclic) bond motifs is 3. The summed E-state index contributed by atoms with van der Waals surface area (Å²) in [5.41, 5.74) is -1.71. The Hall–Kier alpha value is -2.96. The highest BCUT2D eigenvalue weighted by molar-refractivity contribution is 7.92. The molecule has 5 atom stereocenters. The third-order valence-corrected chi connectivity index (χ3v) is 15.2. The second-order valence-electron chi connectivity index (χ2n) is 18.2. The summed E-state index contributed by atoms with van der Waals surface area (Å²) in [6.07, 6.45) is 11.4. The van der Waals surface area contributed by atoms with Crippen LogP contribution in [0.5, 0.6) is 0 Å². The molecule has 0 radical (unpaired) electrons. The number of sulfone groups is 1. The lowest BCUT2D eigenvalue weighted by molar-refractivity contribution is -0.145. The first kappa shape index (κ1) is 39.3. The average Bonchev–Trinajstić information content (AvgIpc) is 3.81. The van der Waals surface area contributed by atoms with E-state index in [-0.39, 0.29) is 41.4 Å². The van der Waals surface area contributed by atoms with Gasteiger partial charge in [-0.3, -0.25) is 19.2 Å². The van der Waals surface area contributed by atoms with Crippen LogP contribution in [-0.4, -0.2) is 90.1 Å². The van der Waals surface area contributed by atoms with E-state index < -0.39 is 67.3 Å². The fourth-order valence-corrected chi connectivity index (χ4v) is 10.7. The number of carbonyl (C=O) groups is 5. The Bertz CT molecular complexity index is 1500. The number of ketones is 1. The Balaban J connectivity index is 1.37. The van der Waals surface area contributed by atoms with Crippen LogP contribution < -0.4 is 21.3 Å². The summed E-state index contributed by atoms with van der Waals surface area (Å²) in [7, 11) is -3.56. The highest BCUT2D eigenvalue weighted by Crippen LogP contribution is 2.72. The van der Waals surface area contributed by atoms with Crippen LogP contribution in [0, 0.1) is 28.6 Å². The Morgan fingerprint density at radius 3 is 2.06 bits per heavy atom. The molecule has 0 aromatic carbocycles. The number of hydrogen-bond donors (Lipinski definition) is 4. The van der Waals surface area contributed by atoms with E-state index in [1.54, 1.807) is 25.7 Å². The minimum atomic E-state index is -3.56. The predicted molar refractivity (Wildman–Crippen MR) is 195 cm³/mol. The van der Waals surface area contributed by atoms with Crippen LogP contribution >= 0.6 is 0 Å². The van der Waals surface area contributed by atoms with Gasteiger partial charge in [-0.2, -0.15) is 0 Å². The molecule has 0 aromatic rings. The number of amides is 5. The Morgan fingerprint density at radius 1 is 0.902 bits per heavy atom. The number of urea groups is 1. The normalized spacial score (nSPS) is 26.4. The van der Waals surface area contributed by atoms with Gasteiger partial charge in [0.25, 0.3) is 5.91 Å². The van der Waals surface area contributed by atoms with Gasteiger partial charge in [0.15, 0.2) is 9.84 Å². The molecule has 51 heavy (non-hydrogen) atoms. The van der Waals surface area contributed by atoms with Crippen molar-refractivity contribution in [2.24, 2.45) is 28.6 Å². The van der Waals surface area contributed by atoms with Crippen molar-refractivity contribution in [3.05, 3.63) is 12.7 Å². The number of likely N-dealkylation sites (tertiary alicyclic amines) is 1. The van der Waals surface area contributed by atoms with Gasteiger partial charge in [0, 0.05) is 13.1 Å². The van der Waals surface area contributed by atoms with Gasteiger partial charge in [0.2, 0.25) is 17.6 Å². The van der Waals surface area contributed by atoms with Crippen LogP contribution in [0.4, 0.5) is 4.79 Å². The third-order valence-electron chi connectivity index (χ3n) is 12.4. The molecule has 13 heteroatoms. The highest BCUT2D eigenvalue weighted by atomic mass is 32.2. The van der Waals surface area contributed by atoms with Crippen LogP contribution in [0.3, 0.4) is 0 Å². The number of nitrogens with one attached hydrogen (secondary N) is 4. The van der Waals surface area contributed by atoms with Gasteiger partial charge in [-0.25, -0.2) is 13.2 Å². The zero-order chi connectivity index (χ0) is 37.6. The van der Waals surface area contributed by atoms with Gasteiger partial charge in [-0.15, -0.1) is 6.58 Å². The number of Topliss-reactive ketones (excluding diaryl/α,β-unsaturated/α-hetero) is 1. The smallest absolute Gasteiger partial charge is 0.315 e. The van der Waals surface area contributed by atoms with Gasteiger partial charge < -0.3 is 26.2 Å². The molecule has 4 aliphatic carbocycles. The van der Waals surface area contributed by atoms with Crippen molar-refractivity contribution in [2.75, 3.05) is 18.8 Å². The molecule has 1 saturated heterocycles. The minimum Gasteiger partial charge on any atom is -0.346 e. The monoisotopic (exact) mass is 731 g/mol. The van der Waals surface area contributed by atoms with E-state index in [1.807, 2.05) is 20.8 Å². The quantitative estimate of drug-likeness (QED) is 0.165. The van der Waals surface area contributed by atoms with Crippen LogP contribution in [-0.2, 0) is 29.0 Å². The lowest BCUT2D eigenvalue weighted by atomic mass is 9.83. The summed E-state index contributed by atoms with van der Waals surface area (Å²) in [4.78, 5) is 70.4. The van der Waals surface area contributed by atoms with Gasteiger partial charge >= 0.3 is 6.03 Å². The van der Waals surface area contributed by atoms with Crippen molar-refractivity contribution in [3.63, 3.8) is 0 Å². The molecule has 0 bridgehead atoms. The molecule has 0 aromatic heterocycles. The molecule has 5 aliphatic rings. The van der Waals surface area contributed by atoms with E-state index in [2.05, 4.69) is 27.8 Å². The minimum absolute atomic E-state index is 0.00986. The van der Waals surface area contributed by atoms with E-state index >= 15 is 0 Å². The number of carbonyl (C=O) groups excluding carboxylic acids is 5. The predicted octanol–water partition coefficient (Wildman–Crippen LogP) is 3.79. The zero-order valence-electron chi connectivity index (χ0n) is 31.6. The molecule has 5 fully saturated rings. The summed E-state index contributed by atoms with van der Waals surface area (Å²) >= 11 is 0. The van der Waals surface area contributed by atoms with Gasteiger partial charge in [-0.05, 0) is 81.5 Å². The second-order valence-corrected chi connectivity index (χ2v) is 21.0. The maximum absolute atomic E-state index is 14.6. The molecule has 1 aliphatic heterocycles. The summed E-state index contributed by atoms with van der Waals surface area (Å²) in [5, 5.41) is 11.4. The maximum atomic E-state index is 14.6. The van der Waals surface area contributed by atoms with E-state index in [0.717, 1.165) is 57.8 Å². The SMILES string of the molecule is C=CCNC(=O)C(=O)C(CC1CC1)NC(=O)[C@@H]1C2[C@H](CN1C(=O)[C@@H](NC(=O)NC1(CS(=O)(=O)C(C)(C)C)CCCCC1)C(C)(C)C)C21CCCC1. The first-order valence-electron chi connectivity index (χ1n) is 19.1. The van der Waals surface area contributed by atoms with Crippen molar-refractivity contribution in [3.8, 4) is 0 Å². The van der Waals surface area contributed by atoms with Crippen molar-refractivity contribution >= 4 is 39.4 Å². The van der Waals surface area contributed by atoms with E-state index in [1.165, 1.54) is 6.08 Å². The molecule has 12 nitrogen and oxygen atoms in total. The molecule has 2 unspecified atom stereocenters. The van der Waals surface area contributed by atoms with Crippen LogP contribution in [0.25, 0.3) is 0 Å². The number of piperidine rings is 1. The number of nitrogens with zero attached hydrogens (tertiary/aromatic N) is 1. The summed E-state index contributed by atoms with van der Waals surface area (Å²) in [6, 6.07) is -3.45. The van der Waals surface area contributed by atoms with Gasteiger partial charge in [0.05, 0.1) is 22.1 Å². The number of rotatable bonds is 13. The largest absolute Gasteiger partial charge is 0.346 e. The average molecular weight is 732 g/mol. The van der Waals surface area contributed by atoms with Crippen LogP contribution in [0.15, 0.2) is 12.7 Å². The first-order valence-corrected chi connectivity index (χ1v) is 20.8. The second kappa shape index (κ2) is 14.5. The first-order chi connectivity index (χ1) is 23.8. The third kappa shape index (κ3) is 8.33. The van der Waals surface area contributed by atoms with Crippen molar-refractivity contribution < 1.29 is 32.4 Å². The summed E-state index contributed by atoms with van der Waals surface area (Å²) in [6.45, 7) is 14.7. The van der Waals surface area contributed by atoms with Crippen LogP contribution in [0.1, 0.15) is 119 Å². The molecule has 5 rings (SSSR count). The zero-order valence-corrected chi connectivity index (χ0v) is 32.4. The lowest BCUT2D eigenvalue weighted by Crippen LogP contribution is -2.64. The Morgan fingerprint density at radius 2 is 1.51 bits per heavy atom. The van der Waals surface area contributed by atoms with Crippen molar-refractivity contribution in [1.82, 2.24) is 26.2 Å². The molecular weight excluding hydrogens is 671 g/mol. The molecular formula is C38H61N5O7S. The fourth-order valence-electron chi connectivity index (χ4n) is 9.15. The van der Waals surface area contributed by atoms with E-state index in [0.29, 0.717) is 25.8 Å². The molecule has 1 heterocycles. The molecule has 1 spiro atoms. The fraction of sp³-hybridized carbons (Fsp3) is 0.816. The van der Waals surface area contributed by atoms with E-state index in [9.17, 15) is 32.4 Å². The Kier molecular flexibility index (Phi) is 11.1. The standard InChI is InChI=1S/C38H61N5O7S/c1-8-20-39-32(46)29(44)26(21-24-14-15-24)40-31(45)28-27-25(38(27)18-12-13-19-38)22-43(28)33(47)30(35(2,3)4)41-34(48)42-37(16-10-9-11-17-37)23-51(49,50)36(5,6)7/h8,24-28,30H,1,9-23H2,2-7H3,(H,39,46)(H,40,45)(H2,41,42,48)/t25-,26?,27?,28-,30+/m0/s1. The highest BCUT2D eigenvalue weighted by Gasteiger charge is 2.74. The molecule has 286 valence electrons. The van der Waals surface area contributed by atoms with Crippen molar-refractivity contribution in [1.29, 1.82) is 0 Å². The summed E-state index contributed by atoms with van der Waals surface area (Å²) in [5.74, 6) is -2.13. The lowest BCUT2D eigenvalue weighted by Gasteiger charge is -2.41. The molecule has 4 saturated carbocycles. The maximum Gasteiger partial charge on any atom is 0.315 e. The van der Waals surface area contributed by atoms with Crippen molar-refractivity contribution in [2.45, 2.75) is 147 Å². The Labute approximate surface area is 304 Å². The molecule has 5 amide bonds. The van der Waals surface area contributed by atoms with Crippen LogP contribution in [0.2, 0.25) is 0 Å². The van der Waals surface area contributed by atoms with Gasteiger partial charge in [0.1, 0.15) is 12.1 Å². The van der Waals surface area contributed by atoms with E-state index in [4.69, 9.17) is 0 Å². The topological polar surface area (TPSA) is 171 Å². The summed E-state index contributed by atoms with van der Waals surface area (Å²) < 4.78 is 25.7. The van der Waals surface area contributed by atoms with Gasteiger partial charge in [-0.1, -0.05) is 71.8 Å². The number of hydrogen-bond acceptors (Lipinski definition) is 7. The molecule has 4 N–H and O–H groups in total.